The lowest BCUT2D eigenvalue weighted by Gasteiger charge is -2.11. The molecule has 0 saturated heterocycles. The molecular weight excluding hydrogens is 354 g/mol. The Morgan fingerprint density at radius 1 is 1.32 bits per heavy atom. The second kappa shape index (κ2) is 6.12. The van der Waals surface area contributed by atoms with E-state index in [2.05, 4.69) is 15.4 Å². The predicted octanol–water partition coefficient (Wildman–Crippen LogP) is 1.65. The fourth-order valence-corrected chi connectivity index (χ4v) is 4.11. The van der Waals surface area contributed by atoms with E-state index in [9.17, 15) is 22.0 Å². The van der Waals surface area contributed by atoms with Crippen LogP contribution in [0.15, 0.2) is 29.3 Å². The van der Waals surface area contributed by atoms with Crippen LogP contribution in [0.1, 0.15) is 17.4 Å². The second-order valence-electron chi connectivity index (χ2n) is 5.81. The number of hydrogen-bond donors (Lipinski definition) is 3. The van der Waals surface area contributed by atoms with Gasteiger partial charge < -0.3 is 15.2 Å². The number of amides is 1. The summed E-state index contributed by atoms with van der Waals surface area (Å²) in [5.41, 5.74) is 0.292. The third-order valence-corrected chi connectivity index (χ3v) is 5.37. The zero-order valence-electron chi connectivity index (χ0n) is 13.4. The lowest BCUT2D eigenvalue weighted by molar-refractivity contribution is 0.102. The normalized spacial score (nSPS) is 18.8. The van der Waals surface area contributed by atoms with Gasteiger partial charge in [-0.05, 0) is 19.1 Å². The van der Waals surface area contributed by atoms with Gasteiger partial charge in [0.05, 0.1) is 5.69 Å². The van der Waals surface area contributed by atoms with Crippen LogP contribution < -0.4 is 15.4 Å². The summed E-state index contributed by atoms with van der Waals surface area (Å²) in [6.45, 7) is 1.99. The molecule has 1 aliphatic heterocycles. The molecule has 1 aromatic heterocycles. The molecule has 2 aromatic rings. The van der Waals surface area contributed by atoms with E-state index in [4.69, 9.17) is 0 Å². The molecule has 1 aromatic carbocycles. The van der Waals surface area contributed by atoms with Crippen molar-refractivity contribution >= 4 is 27.3 Å². The first-order chi connectivity index (χ1) is 11.7. The van der Waals surface area contributed by atoms with Crippen LogP contribution in [0.2, 0.25) is 0 Å². The van der Waals surface area contributed by atoms with E-state index in [0.29, 0.717) is 6.54 Å². The van der Waals surface area contributed by atoms with Crippen LogP contribution in [0.5, 0.6) is 0 Å². The molecule has 1 amide bonds. The third kappa shape index (κ3) is 3.22. The Morgan fingerprint density at radius 2 is 2.04 bits per heavy atom. The average molecular weight is 370 g/mol. The van der Waals surface area contributed by atoms with Gasteiger partial charge in [0.25, 0.3) is 5.91 Å². The number of halogens is 2. The molecule has 3 rings (SSSR count). The topological polar surface area (TPSA) is 92.2 Å². The fraction of sp³-hybridized carbons (Fsp3) is 0.267. The summed E-state index contributed by atoms with van der Waals surface area (Å²) in [5, 5.41) is 5.39. The van der Waals surface area contributed by atoms with Crippen molar-refractivity contribution in [2.75, 3.05) is 17.2 Å². The van der Waals surface area contributed by atoms with Gasteiger partial charge in [0, 0.05) is 37.6 Å². The maximum absolute atomic E-state index is 13.3. The number of carbonyl (C=O) groups excluding carboxylic acids is 1. The number of nitrogens with one attached hydrogen (secondary N) is 3. The Labute approximate surface area is 143 Å². The highest BCUT2D eigenvalue weighted by Crippen LogP contribution is 2.30. The first-order valence-electron chi connectivity index (χ1n) is 7.41. The largest absolute Gasteiger partial charge is 0.380 e. The third-order valence-electron chi connectivity index (χ3n) is 3.77. The number of benzene rings is 1. The predicted molar refractivity (Wildman–Crippen MR) is 88.0 cm³/mol. The van der Waals surface area contributed by atoms with Gasteiger partial charge in [0.1, 0.15) is 10.6 Å². The van der Waals surface area contributed by atoms with Crippen LogP contribution in [0.3, 0.4) is 0 Å². The molecule has 0 radical (unpaired) electrons. The molecule has 3 N–H and O–H groups in total. The second-order valence-corrected chi connectivity index (χ2v) is 7.50. The van der Waals surface area contributed by atoms with E-state index in [1.165, 1.54) is 23.9 Å². The molecule has 0 spiro atoms. The minimum atomic E-state index is -3.77. The van der Waals surface area contributed by atoms with Crippen molar-refractivity contribution < 1.29 is 22.0 Å². The van der Waals surface area contributed by atoms with E-state index in [-0.39, 0.29) is 28.0 Å². The van der Waals surface area contributed by atoms with Gasteiger partial charge in [0.15, 0.2) is 11.6 Å². The van der Waals surface area contributed by atoms with E-state index in [1.807, 2.05) is 0 Å². The van der Waals surface area contributed by atoms with E-state index in [0.717, 1.165) is 12.1 Å². The van der Waals surface area contributed by atoms with Gasteiger partial charge in [-0.1, -0.05) is 0 Å². The molecule has 0 saturated carbocycles. The summed E-state index contributed by atoms with van der Waals surface area (Å²) >= 11 is 0. The number of hydrogen-bond acceptors (Lipinski definition) is 4. The van der Waals surface area contributed by atoms with Crippen LogP contribution in [-0.4, -0.2) is 31.5 Å². The van der Waals surface area contributed by atoms with Gasteiger partial charge in [-0.15, -0.1) is 0 Å². The van der Waals surface area contributed by atoms with Gasteiger partial charge in [0.2, 0.25) is 10.0 Å². The van der Waals surface area contributed by atoms with Crippen LogP contribution in [0.25, 0.3) is 0 Å². The highest BCUT2D eigenvalue weighted by molar-refractivity contribution is 7.89. The van der Waals surface area contributed by atoms with Crippen molar-refractivity contribution in [3.05, 3.63) is 41.7 Å². The number of rotatable bonds is 2. The smallest absolute Gasteiger partial charge is 0.274 e. The zero-order chi connectivity index (χ0) is 18.4. The number of nitrogens with zero attached hydrogens (tertiary/aromatic N) is 1. The Bertz CT molecular complexity index is 956. The number of aryl methyl sites for hydroxylation is 1. The number of sulfonamides is 1. The van der Waals surface area contributed by atoms with Gasteiger partial charge in [-0.3, -0.25) is 4.79 Å². The molecule has 134 valence electrons. The summed E-state index contributed by atoms with van der Waals surface area (Å²) in [7, 11) is -2.25. The van der Waals surface area contributed by atoms with Crippen molar-refractivity contribution in [1.29, 1.82) is 0 Å². The maximum Gasteiger partial charge on any atom is 0.274 e. The molecule has 25 heavy (non-hydrogen) atoms. The summed E-state index contributed by atoms with van der Waals surface area (Å²) in [6, 6.07) is 2.60. The molecule has 0 aliphatic carbocycles. The maximum atomic E-state index is 13.3. The van der Waals surface area contributed by atoms with E-state index < -0.39 is 27.6 Å². The molecule has 0 fully saturated rings. The monoisotopic (exact) mass is 370 g/mol. The standard InChI is InChI=1S/C15H16F2N4O3S/c1-8-6-18-13-12(25(23,24)20-8)7-21(2)14(13)15(22)19-9-3-4-10(16)11(17)5-9/h3-5,7-8,18,20H,6H2,1-2H3,(H,19,22). The quantitative estimate of drug-likeness (QED) is 0.750. The molecule has 0 bridgehead atoms. The van der Waals surface area contributed by atoms with Crippen molar-refractivity contribution in [2.45, 2.75) is 17.9 Å². The fourth-order valence-electron chi connectivity index (χ4n) is 2.64. The van der Waals surface area contributed by atoms with Crippen LogP contribution in [-0.2, 0) is 17.1 Å². The van der Waals surface area contributed by atoms with Crippen LogP contribution >= 0.6 is 0 Å². The Balaban J connectivity index is 1.99. The van der Waals surface area contributed by atoms with Gasteiger partial charge in [-0.2, -0.15) is 0 Å². The van der Waals surface area contributed by atoms with Gasteiger partial charge in [-0.25, -0.2) is 21.9 Å². The minimum Gasteiger partial charge on any atom is -0.380 e. The number of aromatic nitrogens is 1. The van der Waals surface area contributed by atoms with Crippen molar-refractivity contribution in [1.82, 2.24) is 9.29 Å². The summed E-state index contributed by atoms with van der Waals surface area (Å²) in [5.74, 6) is -2.77. The van der Waals surface area contributed by atoms with Crippen LogP contribution in [0.4, 0.5) is 20.2 Å². The summed E-state index contributed by atoms with van der Waals surface area (Å²) in [4.78, 5) is 12.5. The Hall–Kier alpha value is -2.46. The van der Waals surface area contributed by atoms with E-state index >= 15 is 0 Å². The zero-order valence-corrected chi connectivity index (χ0v) is 14.2. The number of anilines is 2. The molecule has 2 heterocycles. The van der Waals surface area contributed by atoms with Crippen molar-refractivity contribution in [3.63, 3.8) is 0 Å². The molecular formula is C15H16F2N4O3S. The number of fused-ring (bicyclic) bond motifs is 1. The first kappa shape index (κ1) is 17.4. The molecule has 1 aliphatic rings. The van der Waals surface area contributed by atoms with Crippen molar-refractivity contribution in [3.8, 4) is 0 Å². The Kier molecular flexibility index (Phi) is 4.25. The van der Waals surface area contributed by atoms with Gasteiger partial charge >= 0.3 is 0 Å². The SMILES string of the molecule is CC1CNc2c(cn(C)c2C(=O)Nc2ccc(F)c(F)c2)S(=O)(=O)N1. The molecule has 1 atom stereocenters. The lowest BCUT2D eigenvalue weighted by atomic mass is 10.2. The first-order valence-corrected chi connectivity index (χ1v) is 8.89. The molecule has 7 nitrogen and oxygen atoms in total. The van der Waals surface area contributed by atoms with E-state index in [1.54, 1.807) is 6.92 Å². The average Bonchev–Trinajstić information content (AvgIpc) is 2.81. The highest BCUT2D eigenvalue weighted by Gasteiger charge is 2.31. The molecule has 10 heteroatoms. The summed E-state index contributed by atoms with van der Waals surface area (Å²) < 4.78 is 54.8. The Morgan fingerprint density at radius 3 is 2.72 bits per heavy atom. The summed E-state index contributed by atoms with van der Waals surface area (Å²) in [6.07, 6.45) is 1.32. The molecule has 1 unspecified atom stereocenters. The van der Waals surface area contributed by atoms with Crippen molar-refractivity contribution in [2.24, 2.45) is 7.05 Å². The number of carbonyl (C=O) groups is 1. The minimum absolute atomic E-state index is 0.0465. The lowest BCUT2D eigenvalue weighted by Crippen LogP contribution is -2.34. The highest BCUT2D eigenvalue weighted by atomic mass is 32.2. The van der Waals surface area contributed by atoms with Crippen LogP contribution in [0, 0.1) is 11.6 Å².